The molecule has 1 saturated carbocycles. The summed E-state index contributed by atoms with van der Waals surface area (Å²) in [6.07, 6.45) is -5.87. The third kappa shape index (κ3) is 2.95. The molecule has 14 heavy (non-hydrogen) atoms. The molecule has 0 amide bonds. The second-order valence-corrected chi connectivity index (χ2v) is 3.01. The van der Waals surface area contributed by atoms with Crippen molar-refractivity contribution in [2.75, 3.05) is 13.2 Å². The van der Waals surface area contributed by atoms with Crippen molar-refractivity contribution in [2.24, 2.45) is 0 Å². The van der Waals surface area contributed by atoms with E-state index in [-0.39, 0.29) is 12.2 Å². The normalized spacial score (nSPS) is 27.6. The highest BCUT2D eigenvalue weighted by Gasteiger charge is 2.43. The Morgan fingerprint density at radius 1 is 1.43 bits per heavy atom. The van der Waals surface area contributed by atoms with Gasteiger partial charge in [0.05, 0.1) is 6.10 Å². The Bertz CT molecular complexity index is 214. The molecular weight excluding hydrogens is 201 g/mol. The Labute approximate surface area is 79.2 Å². The van der Waals surface area contributed by atoms with Gasteiger partial charge in [-0.3, -0.25) is 4.79 Å². The molecule has 2 atom stereocenters. The first kappa shape index (κ1) is 11.5. The van der Waals surface area contributed by atoms with Crippen LogP contribution in [-0.4, -0.2) is 37.4 Å². The van der Waals surface area contributed by atoms with Gasteiger partial charge in [0.1, 0.15) is 12.7 Å². The molecular formula is C8H11F3O3. The summed E-state index contributed by atoms with van der Waals surface area (Å²) in [6, 6.07) is 0. The molecule has 0 aliphatic heterocycles. The average Bonchev–Trinajstić information content (AvgIpc) is 2.06. The lowest BCUT2D eigenvalue weighted by Crippen LogP contribution is -2.51. The van der Waals surface area contributed by atoms with Crippen molar-refractivity contribution < 1.29 is 27.4 Å². The van der Waals surface area contributed by atoms with Crippen LogP contribution >= 0.6 is 0 Å². The fourth-order valence-corrected chi connectivity index (χ4v) is 1.20. The van der Waals surface area contributed by atoms with Crippen LogP contribution in [0.25, 0.3) is 0 Å². The van der Waals surface area contributed by atoms with Gasteiger partial charge in [0.15, 0.2) is 5.78 Å². The van der Waals surface area contributed by atoms with Crippen molar-refractivity contribution >= 4 is 5.78 Å². The van der Waals surface area contributed by atoms with Gasteiger partial charge in [-0.25, -0.2) is 0 Å². The van der Waals surface area contributed by atoms with Crippen molar-refractivity contribution in [3.8, 4) is 0 Å². The van der Waals surface area contributed by atoms with Crippen molar-refractivity contribution in [1.82, 2.24) is 0 Å². The molecule has 6 heteroatoms. The minimum atomic E-state index is -4.35. The number of carbonyl (C=O) groups excluding carboxylic acids is 1. The Morgan fingerprint density at radius 2 is 2.07 bits per heavy atom. The van der Waals surface area contributed by atoms with E-state index in [1.807, 2.05) is 0 Å². The van der Waals surface area contributed by atoms with E-state index >= 15 is 0 Å². The molecule has 0 heterocycles. The maximum atomic E-state index is 11.7. The van der Waals surface area contributed by atoms with E-state index < -0.39 is 25.0 Å². The van der Waals surface area contributed by atoms with Crippen LogP contribution in [-0.2, 0) is 14.3 Å². The van der Waals surface area contributed by atoms with E-state index in [2.05, 4.69) is 4.74 Å². The van der Waals surface area contributed by atoms with E-state index in [1.54, 1.807) is 6.92 Å². The lowest BCUT2D eigenvalue weighted by molar-refractivity contribution is -0.212. The average molecular weight is 212 g/mol. The molecule has 0 aromatic heterocycles. The first-order valence-electron chi connectivity index (χ1n) is 4.26. The lowest BCUT2D eigenvalue weighted by Gasteiger charge is -2.34. The molecule has 1 aliphatic rings. The Kier molecular flexibility index (Phi) is 3.49. The quantitative estimate of drug-likeness (QED) is 0.704. The number of alkyl halides is 3. The van der Waals surface area contributed by atoms with Gasteiger partial charge >= 0.3 is 6.18 Å². The summed E-state index contributed by atoms with van der Waals surface area (Å²) >= 11 is 0. The van der Waals surface area contributed by atoms with Crippen molar-refractivity contribution in [3.63, 3.8) is 0 Å². The molecule has 0 spiro atoms. The highest BCUT2D eigenvalue weighted by atomic mass is 19.4. The summed E-state index contributed by atoms with van der Waals surface area (Å²) in [6.45, 7) is 0.642. The Balaban J connectivity index is 2.29. The highest BCUT2D eigenvalue weighted by molar-refractivity contribution is 5.90. The summed E-state index contributed by atoms with van der Waals surface area (Å²) in [4.78, 5) is 10.9. The third-order valence-corrected chi connectivity index (χ3v) is 1.86. The SMILES string of the molecule is CCOC1C(=O)CC1OCC(F)(F)F. The maximum Gasteiger partial charge on any atom is 0.411 e. The van der Waals surface area contributed by atoms with Gasteiger partial charge in [-0.2, -0.15) is 13.2 Å². The number of Topliss-reactive ketones (excluding diaryl/α,β-unsaturated/α-hetero) is 1. The first-order chi connectivity index (χ1) is 6.44. The van der Waals surface area contributed by atoms with E-state index in [1.165, 1.54) is 0 Å². The number of ether oxygens (including phenoxy) is 2. The van der Waals surface area contributed by atoms with Gasteiger partial charge in [-0.1, -0.05) is 0 Å². The maximum absolute atomic E-state index is 11.7. The largest absolute Gasteiger partial charge is 0.411 e. The second-order valence-electron chi connectivity index (χ2n) is 3.01. The fraction of sp³-hybridized carbons (Fsp3) is 0.875. The van der Waals surface area contributed by atoms with Gasteiger partial charge < -0.3 is 9.47 Å². The monoisotopic (exact) mass is 212 g/mol. The molecule has 0 aromatic rings. The smallest absolute Gasteiger partial charge is 0.368 e. The van der Waals surface area contributed by atoms with Gasteiger partial charge in [0, 0.05) is 13.0 Å². The predicted octanol–water partition coefficient (Wildman–Crippen LogP) is 1.31. The molecule has 0 aromatic carbocycles. The number of halogens is 3. The van der Waals surface area contributed by atoms with Crippen LogP contribution in [0, 0.1) is 0 Å². The minimum Gasteiger partial charge on any atom is -0.368 e. The molecule has 0 bridgehead atoms. The molecule has 1 fully saturated rings. The molecule has 0 radical (unpaired) electrons. The van der Waals surface area contributed by atoms with Gasteiger partial charge in [-0.15, -0.1) is 0 Å². The van der Waals surface area contributed by atoms with Gasteiger partial charge in [0.2, 0.25) is 0 Å². The number of ketones is 1. The van der Waals surface area contributed by atoms with Crippen LogP contribution in [0.3, 0.4) is 0 Å². The summed E-state index contributed by atoms with van der Waals surface area (Å²) in [5, 5.41) is 0. The fourth-order valence-electron chi connectivity index (χ4n) is 1.20. The lowest BCUT2D eigenvalue weighted by atomic mass is 9.90. The molecule has 82 valence electrons. The Hall–Kier alpha value is -0.620. The van der Waals surface area contributed by atoms with Crippen LogP contribution in [0.15, 0.2) is 0 Å². The minimum absolute atomic E-state index is 0.0146. The zero-order valence-electron chi connectivity index (χ0n) is 7.63. The van der Waals surface area contributed by atoms with Crippen LogP contribution < -0.4 is 0 Å². The van der Waals surface area contributed by atoms with Crippen LogP contribution in [0.2, 0.25) is 0 Å². The molecule has 2 unspecified atom stereocenters. The predicted molar refractivity (Wildman–Crippen MR) is 40.8 cm³/mol. The number of hydrogen-bond donors (Lipinski definition) is 0. The number of carbonyl (C=O) groups is 1. The zero-order chi connectivity index (χ0) is 10.8. The first-order valence-corrected chi connectivity index (χ1v) is 4.26. The van der Waals surface area contributed by atoms with E-state index in [0.717, 1.165) is 0 Å². The van der Waals surface area contributed by atoms with Crippen LogP contribution in [0.5, 0.6) is 0 Å². The van der Waals surface area contributed by atoms with Crippen LogP contribution in [0.1, 0.15) is 13.3 Å². The molecule has 3 nitrogen and oxygen atoms in total. The van der Waals surface area contributed by atoms with Gasteiger partial charge in [-0.05, 0) is 6.92 Å². The summed E-state index contributed by atoms with van der Waals surface area (Å²) in [5.74, 6) is -0.195. The zero-order valence-corrected chi connectivity index (χ0v) is 7.63. The summed E-state index contributed by atoms with van der Waals surface area (Å²) < 4.78 is 44.6. The van der Waals surface area contributed by atoms with E-state index in [4.69, 9.17) is 4.74 Å². The standard InChI is InChI=1S/C8H11F3O3/c1-2-13-7-5(12)3-6(7)14-4-8(9,10)11/h6-7H,2-4H2,1H3. The molecule has 0 N–H and O–H groups in total. The van der Waals surface area contributed by atoms with E-state index in [9.17, 15) is 18.0 Å². The van der Waals surface area contributed by atoms with Crippen molar-refractivity contribution in [3.05, 3.63) is 0 Å². The van der Waals surface area contributed by atoms with Crippen molar-refractivity contribution in [1.29, 1.82) is 0 Å². The highest BCUT2D eigenvalue weighted by Crippen LogP contribution is 2.25. The number of rotatable bonds is 4. The summed E-state index contributed by atoms with van der Waals surface area (Å²) in [5.41, 5.74) is 0. The third-order valence-electron chi connectivity index (χ3n) is 1.86. The van der Waals surface area contributed by atoms with Crippen molar-refractivity contribution in [2.45, 2.75) is 31.7 Å². The van der Waals surface area contributed by atoms with E-state index in [0.29, 0.717) is 6.61 Å². The number of hydrogen-bond acceptors (Lipinski definition) is 3. The molecule has 0 saturated heterocycles. The molecule has 1 aliphatic carbocycles. The van der Waals surface area contributed by atoms with Crippen LogP contribution in [0.4, 0.5) is 13.2 Å². The topological polar surface area (TPSA) is 35.5 Å². The Morgan fingerprint density at radius 3 is 2.50 bits per heavy atom. The second kappa shape index (κ2) is 4.27. The summed E-state index contributed by atoms with van der Waals surface area (Å²) in [7, 11) is 0. The van der Waals surface area contributed by atoms with Gasteiger partial charge in [0.25, 0.3) is 0 Å². The molecule has 1 rings (SSSR count).